The summed E-state index contributed by atoms with van der Waals surface area (Å²) in [5, 5.41) is 17.0. The second-order valence-electron chi connectivity index (χ2n) is 5.90. The number of carbonyl (C=O) groups is 2. The number of amides is 1. The van der Waals surface area contributed by atoms with Gasteiger partial charge in [0.1, 0.15) is 11.5 Å². The second-order valence-corrected chi connectivity index (χ2v) is 6.30. The molecule has 0 saturated heterocycles. The molecule has 1 aliphatic rings. The molecule has 0 atom stereocenters. The van der Waals surface area contributed by atoms with Crippen molar-refractivity contribution in [2.45, 2.75) is 19.3 Å². The minimum Gasteiger partial charge on any atom is -0.492 e. The highest BCUT2D eigenvalue weighted by atomic mass is 35.5. The predicted octanol–water partition coefficient (Wildman–Crippen LogP) is 2.34. The van der Waals surface area contributed by atoms with Gasteiger partial charge < -0.3 is 19.5 Å². The van der Waals surface area contributed by atoms with E-state index in [1.807, 2.05) is 12.1 Å². The molecule has 3 rings (SSSR count). The lowest BCUT2D eigenvalue weighted by atomic mass is 10.2. The number of aryl methyl sites for hydroxylation is 1. The van der Waals surface area contributed by atoms with Crippen LogP contribution in [0.15, 0.2) is 30.5 Å². The van der Waals surface area contributed by atoms with Crippen molar-refractivity contribution in [3.05, 3.63) is 41.2 Å². The number of halogens is 1. The largest absolute Gasteiger partial charge is 0.492 e. The molecule has 0 fully saturated rings. The van der Waals surface area contributed by atoms with Crippen LogP contribution in [0.1, 0.15) is 18.5 Å². The van der Waals surface area contributed by atoms with E-state index in [1.54, 1.807) is 18.3 Å². The van der Waals surface area contributed by atoms with Crippen molar-refractivity contribution in [1.29, 1.82) is 0 Å². The van der Waals surface area contributed by atoms with Crippen LogP contribution in [-0.2, 0) is 16.0 Å². The molecule has 0 radical (unpaired) electrons. The van der Waals surface area contributed by atoms with Crippen LogP contribution in [0.5, 0.6) is 11.5 Å². The number of aliphatic carboxylic acids is 1. The summed E-state index contributed by atoms with van der Waals surface area (Å²) in [6.07, 6.45) is 2.92. The van der Waals surface area contributed by atoms with E-state index in [2.05, 4.69) is 10.2 Å². The molecule has 1 aliphatic heterocycles. The zero-order valence-corrected chi connectivity index (χ0v) is 15.2. The van der Waals surface area contributed by atoms with E-state index in [-0.39, 0.29) is 25.5 Å². The molecule has 0 spiro atoms. The third-order valence-corrected chi connectivity index (χ3v) is 4.26. The number of benzene rings is 1. The maximum absolute atomic E-state index is 12.0. The maximum atomic E-state index is 12.0. The van der Waals surface area contributed by atoms with Gasteiger partial charge in [0.15, 0.2) is 6.61 Å². The number of aromatic nitrogens is 2. The van der Waals surface area contributed by atoms with Crippen molar-refractivity contribution < 1.29 is 24.2 Å². The van der Waals surface area contributed by atoms with Crippen LogP contribution in [0.4, 0.5) is 5.69 Å². The highest BCUT2D eigenvalue weighted by Crippen LogP contribution is 2.40. The molecule has 1 amide bonds. The van der Waals surface area contributed by atoms with Crippen LogP contribution in [0.3, 0.4) is 0 Å². The maximum Gasteiger partial charge on any atom is 0.305 e. The Morgan fingerprint density at radius 3 is 3.00 bits per heavy atom. The number of hydrogen-bond acceptors (Lipinski definition) is 6. The first-order chi connectivity index (χ1) is 13.0. The molecule has 1 aromatic carbocycles. The number of carboxylic acid groups (broad SMARTS) is 1. The molecule has 2 aromatic rings. The van der Waals surface area contributed by atoms with Crippen molar-refractivity contribution in [3.63, 3.8) is 0 Å². The van der Waals surface area contributed by atoms with Gasteiger partial charge >= 0.3 is 5.97 Å². The number of ether oxygens (including phenoxy) is 2. The van der Waals surface area contributed by atoms with Crippen molar-refractivity contribution in [2.75, 3.05) is 24.7 Å². The lowest BCUT2D eigenvalue weighted by molar-refractivity contribution is -0.136. The fourth-order valence-corrected chi connectivity index (χ4v) is 2.88. The van der Waals surface area contributed by atoms with Crippen LogP contribution in [0.25, 0.3) is 0 Å². The van der Waals surface area contributed by atoms with E-state index < -0.39 is 5.97 Å². The Hall–Kier alpha value is -2.87. The van der Waals surface area contributed by atoms with Gasteiger partial charge in [0.25, 0.3) is 5.91 Å². The number of rotatable bonds is 8. The zero-order chi connectivity index (χ0) is 19.2. The highest BCUT2D eigenvalue weighted by Gasteiger charge is 2.27. The second kappa shape index (κ2) is 8.68. The Labute approximate surface area is 160 Å². The molecule has 0 unspecified atom stereocenters. The van der Waals surface area contributed by atoms with Gasteiger partial charge in [-0.3, -0.25) is 9.59 Å². The Morgan fingerprint density at radius 2 is 2.26 bits per heavy atom. The Kier molecular flexibility index (Phi) is 6.08. The quantitative estimate of drug-likeness (QED) is 0.689. The fraction of sp³-hybridized carbons (Fsp3) is 0.333. The standard InChI is InChI=1S/C18H18ClN3O5/c19-13-9-14-16(27-11-17(23)22(14)7-5-18(24)25)10-15(13)26-8-2-4-12-3-1-6-20-21-12/h1,3,6,9-10H,2,4-5,7-8,11H2,(H,24,25). The van der Waals surface area contributed by atoms with Gasteiger partial charge in [0.2, 0.25) is 0 Å². The van der Waals surface area contributed by atoms with E-state index in [4.69, 9.17) is 26.2 Å². The summed E-state index contributed by atoms with van der Waals surface area (Å²) in [5.41, 5.74) is 1.33. The molecule has 27 heavy (non-hydrogen) atoms. The molecule has 1 N–H and O–H groups in total. The fourth-order valence-electron chi connectivity index (χ4n) is 2.67. The van der Waals surface area contributed by atoms with Crippen molar-refractivity contribution >= 4 is 29.2 Å². The average Bonchev–Trinajstić information content (AvgIpc) is 2.65. The van der Waals surface area contributed by atoms with Crippen molar-refractivity contribution in [3.8, 4) is 11.5 Å². The van der Waals surface area contributed by atoms with E-state index in [1.165, 1.54) is 4.90 Å². The van der Waals surface area contributed by atoms with Gasteiger partial charge in [-0.15, -0.1) is 0 Å². The van der Waals surface area contributed by atoms with Crippen molar-refractivity contribution in [2.24, 2.45) is 0 Å². The summed E-state index contributed by atoms with van der Waals surface area (Å²) >= 11 is 6.28. The number of carbonyl (C=O) groups excluding carboxylic acids is 1. The van der Waals surface area contributed by atoms with Crippen LogP contribution in [0, 0.1) is 0 Å². The first kappa shape index (κ1) is 18.9. The minimum absolute atomic E-state index is 0.0547. The summed E-state index contributed by atoms with van der Waals surface area (Å²) < 4.78 is 11.2. The Bertz CT molecular complexity index is 831. The van der Waals surface area contributed by atoms with Gasteiger partial charge in [-0.2, -0.15) is 10.2 Å². The zero-order valence-electron chi connectivity index (χ0n) is 14.4. The summed E-state index contributed by atoms with van der Waals surface area (Å²) in [7, 11) is 0. The number of fused-ring (bicyclic) bond motifs is 1. The van der Waals surface area contributed by atoms with Crippen LogP contribution >= 0.6 is 11.6 Å². The smallest absolute Gasteiger partial charge is 0.305 e. The molecule has 8 nitrogen and oxygen atoms in total. The molecule has 0 aliphatic carbocycles. The molecule has 9 heteroatoms. The lowest BCUT2D eigenvalue weighted by Gasteiger charge is -2.29. The molecule has 1 aromatic heterocycles. The van der Waals surface area contributed by atoms with Gasteiger partial charge in [-0.1, -0.05) is 11.6 Å². The van der Waals surface area contributed by atoms with Gasteiger partial charge in [0, 0.05) is 18.8 Å². The normalized spacial score (nSPS) is 13.1. The van der Waals surface area contributed by atoms with Crippen molar-refractivity contribution in [1.82, 2.24) is 10.2 Å². The molecular weight excluding hydrogens is 374 g/mol. The average molecular weight is 392 g/mol. The third kappa shape index (κ3) is 4.85. The van der Waals surface area contributed by atoms with Gasteiger partial charge in [-0.05, 0) is 31.0 Å². The van der Waals surface area contributed by atoms with E-state index >= 15 is 0 Å². The summed E-state index contributed by atoms with van der Waals surface area (Å²) in [6.45, 7) is 0.330. The molecule has 2 heterocycles. The van der Waals surface area contributed by atoms with Gasteiger partial charge in [-0.25, -0.2) is 0 Å². The first-order valence-corrected chi connectivity index (χ1v) is 8.80. The minimum atomic E-state index is -0.981. The summed E-state index contributed by atoms with van der Waals surface area (Å²) in [6, 6.07) is 6.92. The first-order valence-electron chi connectivity index (χ1n) is 8.42. The Morgan fingerprint density at radius 1 is 1.41 bits per heavy atom. The molecule has 0 bridgehead atoms. The van der Waals surface area contributed by atoms with Crippen LogP contribution < -0.4 is 14.4 Å². The van der Waals surface area contributed by atoms with E-state index in [0.717, 1.165) is 18.5 Å². The topological polar surface area (TPSA) is 102 Å². The number of hydrogen-bond donors (Lipinski definition) is 1. The van der Waals surface area contributed by atoms with Gasteiger partial charge in [0.05, 0.1) is 29.4 Å². The number of carboxylic acids is 1. The third-order valence-electron chi connectivity index (χ3n) is 3.97. The summed E-state index contributed by atoms with van der Waals surface area (Å²) in [5.74, 6) is -0.405. The molecular formula is C18H18ClN3O5. The molecule has 142 valence electrons. The lowest BCUT2D eigenvalue weighted by Crippen LogP contribution is -2.40. The monoisotopic (exact) mass is 391 g/mol. The predicted molar refractivity (Wildman–Crippen MR) is 97.4 cm³/mol. The molecule has 0 saturated carbocycles. The van der Waals surface area contributed by atoms with Crippen LogP contribution in [-0.4, -0.2) is 46.9 Å². The number of anilines is 1. The van der Waals surface area contributed by atoms with E-state index in [9.17, 15) is 9.59 Å². The summed E-state index contributed by atoms with van der Waals surface area (Å²) in [4.78, 5) is 24.2. The highest BCUT2D eigenvalue weighted by molar-refractivity contribution is 6.32. The number of nitrogens with zero attached hydrogens (tertiary/aromatic N) is 3. The SMILES string of the molecule is O=C(O)CCN1C(=O)COc2cc(OCCCc3cccnn3)c(Cl)cc21. The van der Waals surface area contributed by atoms with Crippen LogP contribution in [0.2, 0.25) is 5.02 Å². The van der Waals surface area contributed by atoms with E-state index in [0.29, 0.717) is 28.8 Å². The Balaban J connectivity index is 1.64.